The summed E-state index contributed by atoms with van der Waals surface area (Å²) in [5.74, 6) is 1.68. The van der Waals surface area contributed by atoms with E-state index < -0.39 is 0 Å². The lowest BCUT2D eigenvalue weighted by Crippen LogP contribution is -2.36. The van der Waals surface area contributed by atoms with Crippen LogP contribution in [-0.2, 0) is 11.2 Å². The van der Waals surface area contributed by atoms with Crippen LogP contribution >= 0.6 is 0 Å². The van der Waals surface area contributed by atoms with Gasteiger partial charge in [0.05, 0.1) is 13.2 Å². The number of methoxy groups -OCH3 is 1. The van der Waals surface area contributed by atoms with Gasteiger partial charge in [0.2, 0.25) is 0 Å². The first kappa shape index (κ1) is 15.3. The molecule has 0 amide bonds. The molecule has 0 saturated heterocycles. The van der Waals surface area contributed by atoms with Crippen molar-refractivity contribution in [3.8, 4) is 5.75 Å². The standard InChI is InChI=1S/C17H27NO2/c1-4-20-16-9-13(10-16)8-15(18)11-14-7-12(2)5-6-17(14)19-3/h5-7,13,15-16H,4,8-11,18H2,1-3H3. The van der Waals surface area contributed by atoms with E-state index in [2.05, 4.69) is 26.0 Å². The van der Waals surface area contributed by atoms with Crippen molar-refractivity contribution < 1.29 is 9.47 Å². The molecule has 0 aromatic heterocycles. The van der Waals surface area contributed by atoms with Crippen molar-refractivity contribution in [2.45, 2.75) is 51.7 Å². The minimum atomic E-state index is 0.207. The first-order chi connectivity index (χ1) is 9.62. The number of benzene rings is 1. The van der Waals surface area contributed by atoms with Crippen molar-refractivity contribution in [2.24, 2.45) is 11.7 Å². The third-order valence-electron chi connectivity index (χ3n) is 4.15. The molecule has 2 N–H and O–H groups in total. The molecule has 20 heavy (non-hydrogen) atoms. The highest BCUT2D eigenvalue weighted by Crippen LogP contribution is 2.34. The molecule has 2 rings (SSSR count). The average Bonchev–Trinajstić information content (AvgIpc) is 2.36. The van der Waals surface area contributed by atoms with Crippen LogP contribution in [0.2, 0.25) is 0 Å². The highest BCUT2D eigenvalue weighted by molar-refractivity contribution is 5.37. The molecular formula is C17H27NO2. The fourth-order valence-electron chi connectivity index (χ4n) is 3.10. The Hall–Kier alpha value is -1.06. The smallest absolute Gasteiger partial charge is 0.122 e. The fourth-order valence-corrected chi connectivity index (χ4v) is 3.10. The van der Waals surface area contributed by atoms with Gasteiger partial charge in [0, 0.05) is 12.6 Å². The molecule has 1 fully saturated rings. The molecule has 1 aliphatic carbocycles. The molecule has 1 aromatic carbocycles. The maximum atomic E-state index is 6.31. The molecular weight excluding hydrogens is 250 g/mol. The van der Waals surface area contributed by atoms with Gasteiger partial charge in [-0.3, -0.25) is 0 Å². The first-order valence-electron chi connectivity index (χ1n) is 7.63. The van der Waals surface area contributed by atoms with E-state index in [0.29, 0.717) is 6.10 Å². The van der Waals surface area contributed by atoms with Gasteiger partial charge < -0.3 is 15.2 Å². The van der Waals surface area contributed by atoms with E-state index in [1.165, 1.54) is 24.0 Å². The molecule has 0 bridgehead atoms. The van der Waals surface area contributed by atoms with Gasteiger partial charge in [0.15, 0.2) is 0 Å². The largest absolute Gasteiger partial charge is 0.496 e. The molecule has 0 radical (unpaired) electrons. The molecule has 1 atom stereocenters. The normalized spacial score (nSPS) is 23.2. The van der Waals surface area contributed by atoms with Crippen LogP contribution < -0.4 is 10.5 Å². The van der Waals surface area contributed by atoms with Crippen LogP contribution in [0.25, 0.3) is 0 Å². The second kappa shape index (κ2) is 7.09. The number of hydrogen-bond donors (Lipinski definition) is 1. The van der Waals surface area contributed by atoms with Gasteiger partial charge >= 0.3 is 0 Å². The number of hydrogen-bond acceptors (Lipinski definition) is 3. The fraction of sp³-hybridized carbons (Fsp3) is 0.647. The zero-order valence-corrected chi connectivity index (χ0v) is 12.9. The Morgan fingerprint density at radius 2 is 2.10 bits per heavy atom. The SMILES string of the molecule is CCOC1CC(CC(N)Cc2cc(C)ccc2OC)C1. The van der Waals surface area contributed by atoms with E-state index in [0.717, 1.165) is 31.1 Å². The third-order valence-corrected chi connectivity index (χ3v) is 4.15. The van der Waals surface area contributed by atoms with Crippen LogP contribution in [0.15, 0.2) is 18.2 Å². The second-order valence-corrected chi connectivity index (χ2v) is 5.93. The molecule has 1 aliphatic rings. The minimum Gasteiger partial charge on any atom is -0.496 e. The lowest BCUT2D eigenvalue weighted by Gasteiger charge is -2.36. The number of rotatable bonds is 7. The molecule has 1 saturated carbocycles. The highest BCUT2D eigenvalue weighted by atomic mass is 16.5. The highest BCUT2D eigenvalue weighted by Gasteiger charge is 2.30. The minimum absolute atomic E-state index is 0.207. The first-order valence-corrected chi connectivity index (χ1v) is 7.63. The predicted molar refractivity (Wildman–Crippen MR) is 82.2 cm³/mol. The maximum Gasteiger partial charge on any atom is 0.122 e. The Morgan fingerprint density at radius 3 is 2.75 bits per heavy atom. The summed E-state index contributed by atoms with van der Waals surface area (Å²) in [5.41, 5.74) is 8.79. The lowest BCUT2D eigenvalue weighted by molar-refractivity contribution is -0.0281. The van der Waals surface area contributed by atoms with Gasteiger partial charge in [0.25, 0.3) is 0 Å². The van der Waals surface area contributed by atoms with Crippen LogP contribution in [0.5, 0.6) is 5.75 Å². The molecule has 0 spiro atoms. The summed E-state index contributed by atoms with van der Waals surface area (Å²) in [6.07, 6.45) is 4.80. The summed E-state index contributed by atoms with van der Waals surface area (Å²) in [6, 6.07) is 6.50. The summed E-state index contributed by atoms with van der Waals surface area (Å²) in [6.45, 7) is 4.99. The monoisotopic (exact) mass is 277 g/mol. The molecule has 1 unspecified atom stereocenters. The molecule has 3 heteroatoms. The Labute approximate surface area is 122 Å². The van der Waals surface area contributed by atoms with Gasteiger partial charge in [-0.1, -0.05) is 17.7 Å². The van der Waals surface area contributed by atoms with Gasteiger partial charge in [-0.25, -0.2) is 0 Å². The average molecular weight is 277 g/mol. The number of aryl methyl sites for hydroxylation is 1. The van der Waals surface area contributed by atoms with Crippen molar-refractivity contribution in [3.63, 3.8) is 0 Å². The summed E-state index contributed by atoms with van der Waals surface area (Å²) in [7, 11) is 1.72. The number of nitrogens with two attached hydrogens (primary N) is 1. The van der Waals surface area contributed by atoms with Crippen LogP contribution in [-0.4, -0.2) is 25.9 Å². The topological polar surface area (TPSA) is 44.5 Å². The molecule has 112 valence electrons. The van der Waals surface area contributed by atoms with Crippen molar-refractivity contribution >= 4 is 0 Å². The van der Waals surface area contributed by atoms with Crippen molar-refractivity contribution in [2.75, 3.05) is 13.7 Å². The van der Waals surface area contributed by atoms with Crippen LogP contribution in [0.3, 0.4) is 0 Å². The van der Waals surface area contributed by atoms with E-state index in [-0.39, 0.29) is 6.04 Å². The van der Waals surface area contributed by atoms with Crippen molar-refractivity contribution in [3.05, 3.63) is 29.3 Å². The molecule has 0 heterocycles. The molecule has 0 aliphatic heterocycles. The van der Waals surface area contributed by atoms with Crippen LogP contribution in [0, 0.1) is 12.8 Å². The van der Waals surface area contributed by atoms with Gasteiger partial charge in [-0.05, 0) is 57.1 Å². The van der Waals surface area contributed by atoms with Crippen LogP contribution in [0.1, 0.15) is 37.3 Å². The van der Waals surface area contributed by atoms with E-state index >= 15 is 0 Å². The summed E-state index contributed by atoms with van der Waals surface area (Å²) in [5, 5.41) is 0. The predicted octanol–water partition coefficient (Wildman–Crippen LogP) is 3.08. The molecule has 3 nitrogen and oxygen atoms in total. The quantitative estimate of drug-likeness (QED) is 0.833. The third kappa shape index (κ3) is 3.97. The van der Waals surface area contributed by atoms with Gasteiger partial charge in [0.1, 0.15) is 5.75 Å². The van der Waals surface area contributed by atoms with E-state index in [9.17, 15) is 0 Å². The van der Waals surface area contributed by atoms with Crippen molar-refractivity contribution in [1.29, 1.82) is 0 Å². The Morgan fingerprint density at radius 1 is 1.35 bits per heavy atom. The van der Waals surface area contributed by atoms with Gasteiger partial charge in [-0.15, -0.1) is 0 Å². The van der Waals surface area contributed by atoms with Gasteiger partial charge in [-0.2, -0.15) is 0 Å². The summed E-state index contributed by atoms with van der Waals surface area (Å²) < 4.78 is 11.0. The Kier molecular flexibility index (Phi) is 5.44. The molecule has 1 aromatic rings. The van der Waals surface area contributed by atoms with E-state index in [4.69, 9.17) is 15.2 Å². The maximum absolute atomic E-state index is 6.31. The number of ether oxygens (including phenoxy) is 2. The lowest BCUT2D eigenvalue weighted by atomic mass is 9.77. The zero-order valence-electron chi connectivity index (χ0n) is 12.9. The van der Waals surface area contributed by atoms with Crippen molar-refractivity contribution in [1.82, 2.24) is 0 Å². The Balaban J connectivity index is 1.83. The zero-order chi connectivity index (χ0) is 14.5. The van der Waals surface area contributed by atoms with E-state index in [1.807, 2.05) is 6.07 Å². The second-order valence-electron chi connectivity index (χ2n) is 5.93. The van der Waals surface area contributed by atoms with Crippen LogP contribution in [0.4, 0.5) is 0 Å². The summed E-state index contributed by atoms with van der Waals surface area (Å²) >= 11 is 0. The Bertz CT molecular complexity index is 427. The summed E-state index contributed by atoms with van der Waals surface area (Å²) in [4.78, 5) is 0. The van der Waals surface area contributed by atoms with E-state index in [1.54, 1.807) is 7.11 Å².